The quantitative estimate of drug-likeness (QED) is 0.478. The molecule has 1 aromatic carbocycles. The van der Waals surface area contributed by atoms with Gasteiger partial charge in [-0.25, -0.2) is 0 Å². The fraction of sp³-hybridized carbons (Fsp3) is 0.0625. The van der Waals surface area contributed by atoms with Crippen LogP contribution in [0.15, 0.2) is 35.7 Å². The Kier molecular flexibility index (Phi) is 5.15. The summed E-state index contributed by atoms with van der Waals surface area (Å²) >= 11 is 20.7. The molecule has 0 saturated carbocycles. The minimum absolute atomic E-state index is 0.382. The molecule has 23 heavy (non-hydrogen) atoms. The summed E-state index contributed by atoms with van der Waals surface area (Å²) in [5.41, 5.74) is 2.12. The van der Waals surface area contributed by atoms with E-state index < -0.39 is 0 Å². The highest BCUT2D eigenvalue weighted by Gasteiger charge is 2.15. The summed E-state index contributed by atoms with van der Waals surface area (Å²) in [4.78, 5) is 1.00. The Bertz CT molecular complexity index is 895. The van der Waals surface area contributed by atoms with E-state index in [1.54, 1.807) is 12.1 Å². The van der Waals surface area contributed by atoms with Crippen LogP contribution in [-0.4, -0.2) is 0 Å². The molecule has 0 radical (unpaired) electrons. The van der Waals surface area contributed by atoms with Gasteiger partial charge in [-0.15, -0.1) is 22.7 Å². The molecule has 0 unspecified atom stereocenters. The molecule has 2 heterocycles. The minimum atomic E-state index is 0.382. The number of nitrogens with zero attached hydrogens (tertiary/aromatic N) is 1. The van der Waals surface area contributed by atoms with Crippen LogP contribution in [0.5, 0.6) is 5.06 Å². The van der Waals surface area contributed by atoms with Crippen molar-refractivity contribution in [2.45, 2.75) is 6.61 Å². The largest absolute Gasteiger partial charge is 0.477 e. The molecule has 0 fully saturated rings. The molecule has 0 amide bonds. The van der Waals surface area contributed by atoms with Crippen LogP contribution in [0, 0.1) is 11.3 Å². The van der Waals surface area contributed by atoms with E-state index in [9.17, 15) is 5.26 Å². The van der Waals surface area contributed by atoms with E-state index in [2.05, 4.69) is 6.07 Å². The summed E-state index contributed by atoms with van der Waals surface area (Å²) < 4.78 is 6.49. The smallest absolute Gasteiger partial charge is 0.192 e. The number of hydrogen-bond acceptors (Lipinski definition) is 4. The van der Waals surface area contributed by atoms with Crippen molar-refractivity contribution in [1.29, 1.82) is 5.26 Å². The van der Waals surface area contributed by atoms with Gasteiger partial charge in [0.2, 0.25) is 0 Å². The topological polar surface area (TPSA) is 33.0 Å². The van der Waals surface area contributed by atoms with Crippen LogP contribution in [-0.2, 0) is 6.61 Å². The van der Waals surface area contributed by atoms with Gasteiger partial charge in [0.1, 0.15) is 18.2 Å². The molecule has 0 atom stereocenters. The standard InChI is InChI=1S/C16H8Cl3NOS2/c17-13-3-1-9(5-14(13)18)12-8-22-16(11(12)6-20)21-7-10-2-4-15(19)23-10/h1-5,8H,7H2. The normalized spacial score (nSPS) is 10.5. The van der Waals surface area contributed by atoms with Crippen LogP contribution in [0.3, 0.4) is 0 Å². The monoisotopic (exact) mass is 399 g/mol. The van der Waals surface area contributed by atoms with Crippen molar-refractivity contribution in [3.8, 4) is 22.3 Å². The first-order valence-electron chi connectivity index (χ1n) is 6.42. The maximum absolute atomic E-state index is 9.47. The van der Waals surface area contributed by atoms with E-state index >= 15 is 0 Å². The van der Waals surface area contributed by atoms with E-state index in [-0.39, 0.29) is 0 Å². The lowest BCUT2D eigenvalue weighted by molar-refractivity contribution is 0.318. The third kappa shape index (κ3) is 3.65. The molecule has 0 saturated heterocycles. The first-order chi connectivity index (χ1) is 11.1. The average Bonchev–Trinajstić information content (AvgIpc) is 3.13. The summed E-state index contributed by atoms with van der Waals surface area (Å²) in [6, 6.07) is 11.2. The molecule has 116 valence electrons. The van der Waals surface area contributed by atoms with Crippen LogP contribution in [0.25, 0.3) is 11.1 Å². The van der Waals surface area contributed by atoms with Gasteiger partial charge in [-0.1, -0.05) is 40.9 Å². The molecule has 3 aromatic rings. The highest BCUT2D eigenvalue weighted by molar-refractivity contribution is 7.16. The number of thiophene rings is 2. The first kappa shape index (κ1) is 16.6. The van der Waals surface area contributed by atoms with Crippen molar-refractivity contribution in [3.63, 3.8) is 0 Å². The third-order valence-corrected chi connectivity index (χ3v) is 5.91. The number of benzene rings is 1. The Morgan fingerprint density at radius 2 is 1.91 bits per heavy atom. The van der Waals surface area contributed by atoms with Crippen LogP contribution in [0.2, 0.25) is 14.4 Å². The lowest BCUT2D eigenvalue weighted by Gasteiger charge is -2.04. The highest BCUT2D eigenvalue weighted by atomic mass is 35.5. The zero-order valence-electron chi connectivity index (χ0n) is 11.5. The van der Waals surface area contributed by atoms with Gasteiger partial charge in [0.05, 0.1) is 14.4 Å². The van der Waals surface area contributed by atoms with E-state index in [1.807, 2.05) is 23.6 Å². The van der Waals surface area contributed by atoms with Crippen molar-refractivity contribution in [2.24, 2.45) is 0 Å². The van der Waals surface area contributed by atoms with Gasteiger partial charge in [0, 0.05) is 15.8 Å². The Balaban J connectivity index is 1.87. The van der Waals surface area contributed by atoms with E-state index in [0.717, 1.165) is 16.0 Å². The number of hydrogen-bond donors (Lipinski definition) is 0. The third-order valence-electron chi connectivity index (χ3n) is 3.07. The molecule has 0 aliphatic carbocycles. The predicted molar refractivity (Wildman–Crippen MR) is 98.2 cm³/mol. The van der Waals surface area contributed by atoms with Gasteiger partial charge in [-0.05, 0) is 29.8 Å². The molecule has 3 rings (SSSR count). The Morgan fingerprint density at radius 3 is 2.57 bits per heavy atom. The Hall–Kier alpha value is -1.22. The number of halogens is 3. The molecule has 2 aromatic heterocycles. The molecule has 0 aliphatic heterocycles. The van der Waals surface area contributed by atoms with Crippen molar-refractivity contribution in [1.82, 2.24) is 0 Å². The molecular weight excluding hydrogens is 393 g/mol. The van der Waals surface area contributed by atoms with Crippen LogP contribution in [0.1, 0.15) is 10.4 Å². The molecule has 0 spiro atoms. The van der Waals surface area contributed by atoms with Gasteiger partial charge in [-0.3, -0.25) is 0 Å². The summed E-state index contributed by atoms with van der Waals surface area (Å²) in [7, 11) is 0. The van der Waals surface area contributed by atoms with Crippen molar-refractivity contribution in [3.05, 3.63) is 60.5 Å². The second kappa shape index (κ2) is 7.12. The second-order valence-corrected chi connectivity index (χ2v) is 8.00. The predicted octanol–water partition coefficient (Wildman–Crippen LogP) is 6.89. The van der Waals surface area contributed by atoms with Crippen molar-refractivity contribution in [2.75, 3.05) is 0 Å². The molecule has 0 aliphatic rings. The van der Waals surface area contributed by atoms with Gasteiger partial charge in [0.15, 0.2) is 5.06 Å². The van der Waals surface area contributed by atoms with Crippen LogP contribution in [0.4, 0.5) is 0 Å². The zero-order chi connectivity index (χ0) is 16.4. The van der Waals surface area contributed by atoms with E-state index in [4.69, 9.17) is 39.5 Å². The van der Waals surface area contributed by atoms with Gasteiger partial charge < -0.3 is 4.74 Å². The maximum Gasteiger partial charge on any atom is 0.192 e. The Labute approximate surface area is 156 Å². The van der Waals surface area contributed by atoms with Crippen molar-refractivity contribution < 1.29 is 4.74 Å². The molecule has 0 N–H and O–H groups in total. The zero-order valence-corrected chi connectivity index (χ0v) is 15.4. The lowest BCUT2D eigenvalue weighted by atomic mass is 10.1. The van der Waals surface area contributed by atoms with Crippen LogP contribution >= 0.6 is 57.5 Å². The first-order valence-corrected chi connectivity index (χ1v) is 9.25. The summed E-state index contributed by atoms with van der Waals surface area (Å²) in [6.45, 7) is 0.382. The minimum Gasteiger partial charge on any atom is -0.477 e. The van der Waals surface area contributed by atoms with Gasteiger partial charge in [0.25, 0.3) is 0 Å². The summed E-state index contributed by atoms with van der Waals surface area (Å²) in [5.74, 6) is 0. The van der Waals surface area contributed by atoms with Gasteiger partial charge >= 0.3 is 0 Å². The van der Waals surface area contributed by atoms with Gasteiger partial charge in [-0.2, -0.15) is 5.26 Å². The fourth-order valence-corrected chi connectivity index (χ4v) is 4.17. The maximum atomic E-state index is 9.47. The number of rotatable bonds is 4. The SMILES string of the molecule is N#Cc1c(-c2ccc(Cl)c(Cl)c2)csc1OCc1ccc(Cl)s1. The summed E-state index contributed by atoms with van der Waals surface area (Å²) in [6.07, 6.45) is 0. The van der Waals surface area contributed by atoms with Crippen LogP contribution < -0.4 is 4.74 Å². The fourth-order valence-electron chi connectivity index (χ4n) is 1.99. The molecular formula is C16H8Cl3NOS2. The molecule has 0 bridgehead atoms. The number of nitriles is 1. The number of ether oxygens (including phenoxy) is 1. The Morgan fingerprint density at radius 1 is 1.09 bits per heavy atom. The van der Waals surface area contributed by atoms with E-state index in [1.165, 1.54) is 22.7 Å². The molecule has 7 heteroatoms. The molecule has 2 nitrogen and oxygen atoms in total. The van der Waals surface area contributed by atoms with Crippen molar-refractivity contribution >= 4 is 57.5 Å². The second-order valence-electron chi connectivity index (χ2n) is 4.55. The highest BCUT2D eigenvalue weighted by Crippen LogP contribution is 2.39. The summed E-state index contributed by atoms with van der Waals surface area (Å²) in [5, 5.41) is 12.9. The lowest BCUT2D eigenvalue weighted by Crippen LogP contribution is -1.92. The van der Waals surface area contributed by atoms with E-state index in [0.29, 0.717) is 31.6 Å². The average molecular weight is 401 g/mol.